The van der Waals surface area contributed by atoms with Crippen LogP contribution < -0.4 is 0 Å². The summed E-state index contributed by atoms with van der Waals surface area (Å²) in [7, 11) is 0. The molecule has 0 aromatic carbocycles. The number of Topliss-reactive ketones (excluding diaryl/α,β-unsaturated/α-hetero) is 2. The third kappa shape index (κ3) is 2.05. The third-order valence-corrected chi connectivity index (χ3v) is 9.04. The molecule has 4 saturated carbocycles. The fourth-order valence-electron chi connectivity index (χ4n) is 7.71. The third-order valence-electron chi connectivity index (χ3n) is 9.04. The van der Waals surface area contributed by atoms with Gasteiger partial charge in [0.15, 0.2) is 11.6 Å². The van der Waals surface area contributed by atoms with Gasteiger partial charge in [-0.05, 0) is 78.9 Å². The lowest BCUT2D eigenvalue weighted by Crippen LogP contribution is -2.55. The first-order chi connectivity index (χ1) is 10.9. The van der Waals surface area contributed by atoms with Gasteiger partial charge in [0.2, 0.25) is 0 Å². The lowest BCUT2D eigenvalue weighted by molar-refractivity contribution is -0.154. The Bertz CT molecular complexity index is 538. The van der Waals surface area contributed by atoms with Crippen molar-refractivity contribution < 1.29 is 9.59 Å². The molecule has 0 spiro atoms. The molecular weight excluding hydrogens is 284 g/mol. The summed E-state index contributed by atoms with van der Waals surface area (Å²) < 4.78 is 0. The van der Waals surface area contributed by atoms with Crippen molar-refractivity contribution in [3.8, 4) is 0 Å². The van der Waals surface area contributed by atoms with Crippen molar-refractivity contribution in [3.05, 3.63) is 0 Å². The predicted octanol–water partition coefficient (Wildman–Crippen LogP) is 4.80. The second-order valence-corrected chi connectivity index (χ2v) is 9.61. The lowest BCUT2D eigenvalue weighted by Gasteiger charge is -2.60. The Morgan fingerprint density at radius 3 is 2.39 bits per heavy atom. The van der Waals surface area contributed by atoms with Gasteiger partial charge in [0.25, 0.3) is 0 Å². The molecule has 4 aliphatic rings. The summed E-state index contributed by atoms with van der Waals surface area (Å²) in [6, 6.07) is 0. The Morgan fingerprint density at radius 1 is 0.913 bits per heavy atom. The molecule has 0 aromatic rings. The summed E-state index contributed by atoms with van der Waals surface area (Å²) in [5, 5.41) is 0. The molecule has 0 bridgehead atoms. The first kappa shape index (κ1) is 15.8. The highest BCUT2D eigenvalue weighted by atomic mass is 16.2. The summed E-state index contributed by atoms with van der Waals surface area (Å²) >= 11 is 0. The van der Waals surface area contributed by atoms with Crippen molar-refractivity contribution in [2.45, 2.75) is 78.6 Å². The van der Waals surface area contributed by atoms with Crippen molar-refractivity contribution in [1.82, 2.24) is 0 Å². The molecule has 4 fully saturated rings. The molecular formula is C21H32O2. The minimum Gasteiger partial charge on any atom is -0.291 e. The van der Waals surface area contributed by atoms with Gasteiger partial charge < -0.3 is 0 Å². The second kappa shape index (κ2) is 5.17. The van der Waals surface area contributed by atoms with E-state index in [2.05, 4.69) is 20.8 Å². The van der Waals surface area contributed by atoms with Crippen molar-refractivity contribution in [2.24, 2.45) is 40.4 Å². The van der Waals surface area contributed by atoms with E-state index in [9.17, 15) is 9.59 Å². The van der Waals surface area contributed by atoms with Gasteiger partial charge in [0.1, 0.15) is 0 Å². The van der Waals surface area contributed by atoms with Crippen LogP contribution in [0.5, 0.6) is 0 Å². The van der Waals surface area contributed by atoms with Crippen LogP contribution in [0, 0.1) is 40.4 Å². The van der Waals surface area contributed by atoms with Crippen molar-refractivity contribution in [1.29, 1.82) is 0 Å². The van der Waals surface area contributed by atoms with E-state index in [1.165, 1.54) is 44.9 Å². The Hall–Kier alpha value is -0.660. The predicted molar refractivity (Wildman–Crippen MR) is 90.9 cm³/mol. The van der Waals surface area contributed by atoms with Gasteiger partial charge >= 0.3 is 0 Å². The molecule has 7 atom stereocenters. The number of hydrogen-bond acceptors (Lipinski definition) is 2. The van der Waals surface area contributed by atoms with E-state index < -0.39 is 0 Å². The van der Waals surface area contributed by atoms with Gasteiger partial charge in [-0.1, -0.05) is 27.2 Å². The van der Waals surface area contributed by atoms with E-state index in [4.69, 9.17) is 0 Å². The highest BCUT2D eigenvalue weighted by molar-refractivity contribution is 6.38. The van der Waals surface area contributed by atoms with Crippen LogP contribution in [0.4, 0.5) is 0 Å². The molecule has 0 saturated heterocycles. The second-order valence-electron chi connectivity index (χ2n) is 9.61. The van der Waals surface area contributed by atoms with Crippen LogP contribution in [0.2, 0.25) is 0 Å². The Kier molecular flexibility index (Phi) is 3.56. The van der Waals surface area contributed by atoms with Gasteiger partial charge in [0, 0.05) is 12.8 Å². The molecule has 1 unspecified atom stereocenters. The highest BCUT2D eigenvalue weighted by Crippen LogP contribution is 2.67. The summed E-state index contributed by atoms with van der Waals surface area (Å²) in [6.07, 6.45) is 10.4. The topological polar surface area (TPSA) is 34.1 Å². The van der Waals surface area contributed by atoms with Crippen LogP contribution in [0.15, 0.2) is 0 Å². The monoisotopic (exact) mass is 316 g/mol. The minimum absolute atomic E-state index is 0.0735. The summed E-state index contributed by atoms with van der Waals surface area (Å²) in [4.78, 5) is 24.1. The zero-order valence-corrected chi connectivity index (χ0v) is 15.1. The zero-order valence-electron chi connectivity index (χ0n) is 15.1. The Balaban J connectivity index is 1.64. The van der Waals surface area contributed by atoms with Gasteiger partial charge in [-0.15, -0.1) is 0 Å². The molecule has 0 heterocycles. The highest BCUT2D eigenvalue weighted by Gasteiger charge is 2.60. The number of carbonyl (C=O) groups excluding carboxylic acids is 2. The minimum atomic E-state index is -0.0847. The maximum atomic E-state index is 12.2. The van der Waals surface area contributed by atoms with Crippen LogP contribution in [-0.2, 0) is 9.59 Å². The van der Waals surface area contributed by atoms with Crippen LogP contribution in [0.3, 0.4) is 0 Å². The fourth-order valence-corrected chi connectivity index (χ4v) is 7.71. The number of fused-ring (bicyclic) bond motifs is 5. The molecule has 0 radical (unpaired) electrons. The van der Waals surface area contributed by atoms with Gasteiger partial charge in [0.05, 0.1) is 0 Å². The number of hydrogen-bond donors (Lipinski definition) is 0. The van der Waals surface area contributed by atoms with E-state index in [-0.39, 0.29) is 17.0 Å². The number of carbonyl (C=O) groups is 2. The molecule has 2 nitrogen and oxygen atoms in total. The standard InChI is InChI=1S/C21H32O2/c1-4-13-6-8-16-15-7-5-14-11-18(22)19(23)12-21(14,3)17(15)9-10-20(13,16)2/h13-17H,4-12H2,1-3H3/t13-,14?,15+,16+,17+,20-,21+/m1/s1. The van der Waals surface area contributed by atoms with Crippen LogP contribution in [0.25, 0.3) is 0 Å². The Morgan fingerprint density at radius 2 is 1.65 bits per heavy atom. The van der Waals surface area contributed by atoms with Crippen molar-refractivity contribution in [3.63, 3.8) is 0 Å². The summed E-state index contributed by atoms with van der Waals surface area (Å²) in [6.45, 7) is 7.29. The molecule has 4 rings (SSSR count). The number of rotatable bonds is 1. The van der Waals surface area contributed by atoms with E-state index in [0.717, 1.165) is 17.8 Å². The van der Waals surface area contributed by atoms with E-state index in [0.29, 0.717) is 30.1 Å². The maximum absolute atomic E-state index is 12.2. The van der Waals surface area contributed by atoms with Crippen LogP contribution in [0.1, 0.15) is 78.6 Å². The van der Waals surface area contributed by atoms with Crippen LogP contribution >= 0.6 is 0 Å². The first-order valence-corrected chi connectivity index (χ1v) is 9.96. The van der Waals surface area contributed by atoms with E-state index >= 15 is 0 Å². The maximum Gasteiger partial charge on any atom is 0.198 e. The first-order valence-electron chi connectivity index (χ1n) is 9.96. The molecule has 128 valence electrons. The molecule has 0 aromatic heterocycles. The van der Waals surface area contributed by atoms with E-state index in [1.54, 1.807) is 0 Å². The lowest BCUT2D eigenvalue weighted by atomic mass is 9.44. The van der Waals surface area contributed by atoms with Crippen LogP contribution in [-0.4, -0.2) is 11.6 Å². The average Bonchev–Trinajstić information content (AvgIpc) is 2.85. The molecule has 0 aliphatic heterocycles. The summed E-state index contributed by atoms with van der Waals surface area (Å²) in [5.74, 6) is 3.60. The van der Waals surface area contributed by atoms with Gasteiger partial charge in [-0.25, -0.2) is 0 Å². The van der Waals surface area contributed by atoms with Crippen molar-refractivity contribution >= 4 is 11.6 Å². The smallest absolute Gasteiger partial charge is 0.198 e. The quantitative estimate of drug-likeness (QED) is 0.651. The molecule has 0 amide bonds. The van der Waals surface area contributed by atoms with Gasteiger partial charge in [-0.3, -0.25) is 9.59 Å². The Labute approximate surface area is 140 Å². The fraction of sp³-hybridized carbons (Fsp3) is 0.905. The van der Waals surface area contributed by atoms with E-state index in [1.807, 2.05) is 0 Å². The zero-order chi connectivity index (χ0) is 16.4. The van der Waals surface area contributed by atoms with Gasteiger partial charge in [-0.2, -0.15) is 0 Å². The number of ketones is 2. The molecule has 2 heteroatoms. The summed E-state index contributed by atoms with van der Waals surface area (Å²) in [5.41, 5.74) is 0.660. The largest absolute Gasteiger partial charge is 0.291 e. The SMILES string of the molecule is CC[C@@H]1CC[C@H]2[C@@H]3CCC4CC(=O)C(=O)C[C@]4(C)[C@H]3CC[C@]12C. The average molecular weight is 316 g/mol. The van der Waals surface area contributed by atoms with Crippen molar-refractivity contribution in [2.75, 3.05) is 0 Å². The normalized spacial score (nSPS) is 52.7. The molecule has 4 aliphatic carbocycles. The molecule has 23 heavy (non-hydrogen) atoms. The molecule has 0 N–H and O–H groups in total.